The number of nitrogens with zero attached hydrogens (tertiary/aromatic N) is 2. The summed E-state index contributed by atoms with van der Waals surface area (Å²) in [6.45, 7) is 3.24. The van der Waals surface area contributed by atoms with Crippen LogP contribution in [-0.2, 0) is 13.0 Å². The van der Waals surface area contributed by atoms with Crippen LogP contribution < -0.4 is 24.8 Å². The lowest BCUT2D eigenvalue weighted by Gasteiger charge is -2.16. The predicted octanol–water partition coefficient (Wildman–Crippen LogP) is 2.88. The summed E-state index contributed by atoms with van der Waals surface area (Å²) in [7, 11) is 5.85. The summed E-state index contributed by atoms with van der Waals surface area (Å²) < 4.78 is 16.7. The molecule has 2 aromatic carbocycles. The van der Waals surface area contributed by atoms with Crippen LogP contribution in [0.25, 0.3) is 0 Å². The second-order valence-corrected chi connectivity index (χ2v) is 7.05. The van der Waals surface area contributed by atoms with Gasteiger partial charge in [0, 0.05) is 32.2 Å². The normalized spacial score (nSPS) is 12.5. The Bertz CT molecular complexity index is 830. The lowest BCUT2D eigenvalue weighted by molar-refractivity contribution is 0.174. The third-order valence-corrected chi connectivity index (χ3v) is 4.58. The standard InChI is InChI=1S/C22H30N4O3.HI/c1-23-22(24-11-10-17-8-9-20-21(14-17)29-16-28-20)25-15-18-6-4-5-7-19(18)27-13-12-26(2)3;/h4-9,14H,10-13,15-16H2,1-3H3,(H2,23,24,25);1H. The SMILES string of the molecule is CN=C(NCCc1ccc2c(c1)OCO2)NCc1ccccc1OCCN(C)C.I. The summed E-state index contributed by atoms with van der Waals surface area (Å²) in [5.41, 5.74) is 2.29. The molecule has 30 heavy (non-hydrogen) atoms. The molecule has 1 aliphatic heterocycles. The van der Waals surface area contributed by atoms with Gasteiger partial charge >= 0.3 is 0 Å². The van der Waals surface area contributed by atoms with Crippen LogP contribution in [0.1, 0.15) is 11.1 Å². The molecule has 0 amide bonds. The summed E-state index contributed by atoms with van der Waals surface area (Å²) in [6.07, 6.45) is 0.863. The summed E-state index contributed by atoms with van der Waals surface area (Å²) in [4.78, 5) is 6.41. The molecule has 8 heteroatoms. The van der Waals surface area contributed by atoms with Crippen LogP contribution in [0.5, 0.6) is 17.2 Å². The van der Waals surface area contributed by atoms with E-state index < -0.39 is 0 Å². The van der Waals surface area contributed by atoms with E-state index in [1.807, 2.05) is 44.4 Å². The number of nitrogens with one attached hydrogen (secondary N) is 2. The van der Waals surface area contributed by atoms with Crippen LogP contribution in [0, 0.1) is 0 Å². The van der Waals surface area contributed by atoms with Crippen LogP contribution in [0.3, 0.4) is 0 Å². The van der Waals surface area contributed by atoms with Crippen molar-refractivity contribution in [3.8, 4) is 17.2 Å². The van der Waals surface area contributed by atoms with Crippen molar-refractivity contribution in [1.29, 1.82) is 0 Å². The van der Waals surface area contributed by atoms with Crippen molar-refractivity contribution >= 4 is 29.9 Å². The molecule has 0 aliphatic carbocycles. The minimum atomic E-state index is 0. The second-order valence-electron chi connectivity index (χ2n) is 7.05. The zero-order chi connectivity index (χ0) is 20.5. The van der Waals surface area contributed by atoms with Gasteiger partial charge in [-0.3, -0.25) is 4.99 Å². The Hall–Kier alpha value is -2.20. The average Bonchev–Trinajstić information content (AvgIpc) is 3.19. The largest absolute Gasteiger partial charge is 0.492 e. The second kappa shape index (κ2) is 12.5. The van der Waals surface area contributed by atoms with E-state index in [0.29, 0.717) is 19.9 Å². The fourth-order valence-electron chi connectivity index (χ4n) is 2.95. The van der Waals surface area contributed by atoms with E-state index in [-0.39, 0.29) is 24.0 Å². The van der Waals surface area contributed by atoms with Gasteiger partial charge in [-0.2, -0.15) is 0 Å². The van der Waals surface area contributed by atoms with E-state index in [1.165, 1.54) is 5.56 Å². The Labute approximate surface area is 195 Å². The van der Waals surface area contributed by atoms with E-state index >= 15 is 0 Å². The molecule has 0 fully saturated rings. The van der Waals surface area contributed by atoms with Gasteiger partial charge in [-0.25, -0.2) is 0 Å². The molecule has 1 heterocycles. The van der Waals surface area contributed by atoms with Crippen LogP contribution in [0.15, 0.2) is 47.5 Å². The van der Waals surface area contributed by atoms with Gasteiger partial charge in [0.2, 0.25) is 6.79 Å². The van der Waals surface area contributed by atoms with Gasteiger partial charge in [0.1, 0.15) is 12.4 Å². The van der Waals surface area contributed by atoms with Crippen molar-refractivity contribution in [3.05, 3.63) is 53.6 Å². The van der Waals surface area contributed by atoms with Crippen LogP contribution in [0.2, 0.25) is 0 Å². The molecule has 2 N–H and O–H groups in total. The molecule has 0 radical (unpaired) electrons. The number of halogens is 1. The topological polar surface area (TPSA) is 67.4 Å². The Kier molecular flexibility index (Phi) is 10.0. The van der Waals surface area contributed by atoms with Crippen molar-refractivity contribution in [1.82, 2.24) is 15.5 Å². The van der Waals surface area contributed by atoms with E-state index in [9.17, 15) is 0 Å². The molecule has 0 aromatic heterocycles. The molecule has 164 valence electrons. The lowest BCUT2D eigenvalue weighted by Crippen LogP contribution is -2.38. The van der Waals surface area contributed by atoms with Gasteiger partial charge in [0.15, 0.2) is 17.5 Å². The third-order valence-electron chi connectivity index (χ3n) is 4.58. The summed E-state index contributed by atoms with van der Waals surface area (Å²) >= 11 is 0. The number of para-hydroxylation sites is 1. The first-order chi connectivity index (χ1) is 14.2. The molecule has 3 rings (SSSR count). The smallest absolute Gasteiger partial charge is 0.231 e. The Balaban J connectivity index is 0.00000320. The Morgan fingerprint density at radius 2 is 1.90 bits per heavy atom. The van der Waals surface area contributed by atoms with Crippen LogP contribution >= 0.6 is 24.0 Å². The summed E-state index contributed by atoms with van der Waals surface area (Å²) in [5.74, 6) is 3.29. The molecular weight excluding hydrogens is 495 g/mol. The van der Waals surface area contributed by atoms with Gasteiger partial charge in [0.05, 0.1) is 0 Å². The molecule has 0 bridgehead atoms. The molecule has 2 aromatic rings. The third kappa shape index (κ3) is 7.24. The number of hydrogen-bond acceptors (Lipinski definition) is 5. The van der Waals surface area contributed by atoms with Gasteiger partial charge in [-0.1, -0.05) is 24.3 Å². The van der Waals surface area contributed by atoms with E-state index in [4.69, 9.17) is 14.2 Å². The highest BCUT2D eigenvalue weighted by molar-refractivity contribution is 14.0. The first-order valence-electron chi connectivity index (χ1n) is 9.84. The number of rotatable bonds is 9. The van der Waals surface area contributed by atoms with Crippen molar-refractivity contribution in [3.63, 3.8) is 0 Å². The van der Waals surface area contributed by atoms with Gasteiger partial charge < -0.3 is 29.7 Å². The fraction of sp³-hybridized carbons (Fsp3) is 0.409. The maximum Gasteiger partial charge on any atom is 0.231 e. The number of benzene rings is 2. The number of fused-ring (bicyclic) bond motifs is 1. The number of hydrogen-bond donors (Lipinski definition) is 2. The molecule has 0 atom stereocenters. The fourth-order valence-corrected chi connectivity index (χ4v) is 2.95. The van der Waals surface area contributed by atoms with Crippen LogP contribution in [-0.4, -0.2) is 58.5 Å². The van der Waals surface area contributed by atoms with Crippen molar-refractivity contribution in [2.75, 3.05) is 47.6 Å². The maximum atomic E-state index is 5.93. The van der Waals surface area contributed by atoms with Crippen molar-refractivity contribution in [2.24, 2.45) is 4.99 Å². The molecule has 0 unspecified atom stereocenters. The summed E-state index contributed by atoms with van der Waals surface area (Å²) in [5, 5.41) is 6.71. The average molecular weight is 526 g/mol. The van der Waals surface area contributed by atoms with E-state index in [2.05, 4.69) is 32.7 Å². The van der Waals surface area contributed by atoms with Crippen molar-refractivity contribution in [2.45, 2.75) is 13.0 Å². The minimum absolute atomic E-state index is 0. The Morgan fingerprint density at radius 3 is 2.70 bits per heavy atom. The first kappa shape index (κ1) is 24.1. The highest BCUT2D eigenvalue weighted by atomic mass is 127. The highest BCUT2D eigenvalue weighted by Gasteiger charge is 2.13. The summed E-state index contributed by atoms with van der Waals surface area (Å²) in [6, 6.07) is 14.1. The van der Waals surface area contributed by atoms with E-state index in [0.717, 1.165) is 48.3 Å². The molecule has 0 saturated carbocycles. The molecule has 7 nitrogen and oxygen atoms in total. The van der Waals surface area contributed by atoms with Gasteiger partial charge in [-0.05, 0) is 44.3 Å². The van der Waals surface area contributed by atoms with Crippen molar-refractivity contribution < 1.29 is 14.2 Å². The number of ether oxygens (including phenoxy) is 3. The van der Waals surface area contributed by atoms with E-state index in [1.54, 1.807) is 7.05 Å². The molecule has 0 spiro atoms. The monoisotopic (exact) mass is 526 g/mol. The Morgan fingerprint density at radius 1 is 1.10 bits per heavy atom. The number of guanidine groups is 1. The molecule has 1 aliphatic rings. The maximum absolute atomic E-state index is 5.93. The number of aliphatic imine (C=N–C) groups is 1. The molecular formula is C22H31IN4O3. The zero-order valence-corrected chi connectivity index (χ0v) is 20.1. The lowest BCUT2D eigenvalue weighted by atomic mass is 10.1. The highest BCUT2D eigenvalue weighted by Crippen LogP contribution is 2.32. The van der Waals surface area contributed by atoms with Gasteiger partial charge in [0.25, 0.3) is 0 Å². The number of likely N-dealkylation sites (N-methyl/N-ethyl adjacent to an activating group) is 1. The molecule has 0 saturated heterocycles. The quantitative estimate of drug-likeness (QED) is 0.298. The van der Waals surface area contributed by atoms with Crippen LogP contribution in [0.4, 0.5) is 0 Å². The zero-order valence-electron chi connectivity index (χ0n) is 17.8. The first-order valence-corrected chi connectivity index (χ1v) is 9.84. The minimum Gasteiger partial charge on any atom is -0.492 e. The van der Waals surface area contributed by atoms with Gasteiger partial charge in [-0.15, -0.1) is 24.0 Å². The predicted molar refractivity (Wildman–Crippen MR) is 130 cm³/mol.